The lowest BCUT2D eigenvalue weighted by Gasteiger charge is -2.36. The smallest absolute Gasteiger partial charge is 0.265 e. The van der Waals surface area contributed by atoms with Crippen molar-refractivity contribution in [2.45, 2.75) is 13.8 Å². The molecular formula is C21H22N4OS. The summed E-state index contributed by atoms with van der Waals surface area (Å²) in [4.78, 5) is 26.7. The lowest BCUT2D eigenvalue weighted by Crippen LogP contribution is -2.48. The van der Waals surface area contributed by atoms with Crippen LogP contribution in [-0.2, 0) is 0 Å². The van der Waals surface area contributed by atoms with Crippen molar-refractivity contribution in [3.8, 4) is 10.6 Å². The molecule has 3 heterocycles. The number of hydrogen-bond donors (Lipinski definition) is 0. The van der Waals surface area contributed by atoms with Crippen LogP contribution in [0.25, 0.3) is 10.6 Å². The summed E-state index contributed by atoms with van der Waals surface area (Å²) >= 11 is 1.47. The molecule has 3 aromatic rings. The van der Waals surface area contributed by atoms with Crippen LogP contribution in [0.5, 0.6) is 0 Å². The number of carbonyl (C=O) groups is 1. The van der Waals surface area contributed by atoms with Gasteiger partial charge in [-0.1, -0.05) is 12.1 Å². The maximum absolute atomic E-state index is 13.0. The van der Waals surface area contributed by atoms with Gasteiger partial charge in [0.15, 0.2) is 0 Å². The van der Waals surface area contributed by atoms with Crippen LogP contribution in [0, 0.1) is 13.8 Å². The van der Waals surface area contributed by atoms with E-state index in [1.54, 1.807) is 12.4 Å². The van der Waals surface area contributed by atoms with Crippen LogP contribution < -0.4 is 4.90 Å². The molecule has 0 atom stereocenters. The van der Waals surface area contributed by atoms with Gasteiger partial charge in [0, 0.05) is 49.8 Å². The highest BCUT2D eigenvalue weighted by Gasteiger charge is 2.25. The molecule has 1 aliphatic heterocycles. The molecule has 27 heavy (non-hydrogen) atoms. The van der Waals surface area contributed by atoms with Crippen molar-refractivity contribution >= 4 is 22.9 Å². The molecule has 1 amide bonds. The molecule has 1 fully saturated rings. The summed E-state index contributed by atoms with van der Waals surface area (Å²) in [5.41, 5.74) is 4.30. The number of nitrogens with zero attached hydrogens (tertiary/aromatic N) is 4. The maximum Gasteiger partial charge on any atom is 0.265 e. The fourth-order valence-electron chi connectivity index (χ4n) is 3.35. The van der Waals surface area contributed by atoms with E-state index >= 15 is 0 Å². The molecule has 138 valence electrons. The van der Waals surface area contributed by atoms with Crippen LogP contribution in [0.2, 0.25) is 0 Å². The SMILES string of the molecule is Cc1cccc(N2CCN(C(=O)c3sc(-c4ccncc4)nc3C)CC2)c1. The van der Waals surface area contributed by atoms with E-state index in [0.717, 1.165) is 47.3 Å². The minimum absolute atomic E-state index is 0.0919. The predicted octanol–water partition coefficient (Wildman–Crippen LogP) is 3.78. The number of amides is 1. The summed E-state index contributed by atoms with van der Waals surface area (Å²) in [7, 11) is 0. The molecule has 0 spiro atoms. The molecule has 4 rings (SSSR count). The molecule has 0 radical (unpaired) electrons. The average molecular weight is 379 g/mol. The number of aromatic nitrogens is 2. The van der Waals surface area contributed by atoms with Gasteiger partial charge >= 0.3 is 0 Å². The van der Waals surface area contributed by atoms with E-state index in [1.165, 1.54) is 22.6 Å². The van der Waals surface area contributed by atoms with Gasteiger partial charge in [0.05, 0.1) is 5.69 Å². The first-order valence-electron chi connectivity index (χ1n) is 9.10. The Morgan fingerprint density at radius 3 is 2.48 bits per heavy atom. The molecule has 2 aromatic heterocycles. The van der Waals surface area contributed by atoms with Gasteiger partial charge in [-0.15, -0.1) is 11.3 Å². The highest BCUT2D eigenvalue weighted by molar-refractivity contribution is 7.17. The monoisotopic (exact) mass is 378 g/mol. The molecule has 0 unspecified atom stereocenters. The molecule has 0 saturated carbocycles. The van der Waals surface area contributed by atoms with E-state index in [-0.39, 0.29) is 5.91 Å². The minimum atomic E-state index is 0.0919. The van der Waals surface area contributed by atoms with Crippen molar-refractivity contribution in [1.29, 1.82) is 0 Å². The fraction of sp³-hybridized carbons (Fsp3) is 0.286. The first-order chi connectivity index (χ1) is 13.1. The number of anilines is 1. The Morgan fingerprint density at radius 1 is 1.04 bits per heavy atom. The van der Waals surface area contributed by atoms with Gasteiger partial charge in [-0.3, -0.25) is 9.78 Å². The van der Waals surface area contributed by atoms with Gasteiger partial charge in [-0.05, 0) is 43.7 Å². The standard InChI is InChI=1S/C21H22N4OS/c1-15-4-3-5-18(14-15)24-10-12-25(13-11-24)21(26)19-16(2)23-20(27-19)17-6-8-22-9-7-17/h3-9,14H,10-13H2,1-2H3. The second-order valence-corrected chi connectivity index (χ2v) is 7.79. The van der Waals surface area contributed by atoms with Crippen LogP contribution >= 0.6 is 11.3 Å². The lowest BCUT2D eigenvalue weighted by atomic mass is 10.2. The van der Waals surface area contributed by atoms with Crippen LogP contribution in [0.1, 0.15) is 20.9 Å². The molecule has 0 N–H and O–H groups in total. The highest BCUT2D eigenvalue weighted by Crippen LogP contribution is 2.29. The zero-order valence-electron chi connectivity index (χ0n) is 15.6. The van der Waals surface area contributed by atoms with E-state index in [4.69, 9.17) is 0 Å². The van der Waals surface area contributed by atoms with Crippen LogP contribution in [-0.4, -0.2) is 47.0 Å². The molecule has 5 nitrogen and oxygen atoms in total. The van der Waals surface area contributed by atoms with Crippen molar-refractivity contribution in [3.63, 3.8) is 0 Å². The maximum atomic E-state index is 13.0. The van der Waals surface area contributed by atoms with Gasteiger partial charge in [0.1, 0.15) is 9.88 Å². The van der Waals surface area contributed by atoms with Crippen molar-refractivity contribution in [1.82, 2.24) is 14.9 Å². The van der Waals surface area contributed by atoms with Crippen molar-refractivity contribution in [2.24, 2.45) is 0 Å². The third-order valence-corrected chi connectivity index (χ3v) is 6.05. The van der Waals surface area contributed by atoms with Gasteiger partial charge < -0.3 is 9.80 Å². The van der Waals surface area contributed by atoms with Crippen LogP contribution in [0.15, 0.2) is 48.8 Å². The third kappa shape index (κ3) is 3.71. The summed E-state index contributed by atoms with van der Waals surface area (Å²) in [6.07, 6.45) is 3.50. The van der Waals surface area contributed by atoms with Gasteiger partial charge in [-0.2, -0.15) is 0 Å². The fourth-order valence-corrected chi connectivity index (χ4v) is 4.39. The summed E-state index contributed by atoms with van der Waals surface area (Å²) in [6, 6.07) is 12.4. The zero-order chi connectivity index (χ0) is 18.8. The number of rotatable bonds is 3. The Balaban J connectivity index is 1.46. The molecule has 1 aromatic carbocycles. The van der Waals surface area contributed by atoms with E-state index in [0.29, 0.717) is 0 Å². The second-order valence-electron chi connectivity index (χ2n) is 6.79. The first kappa shape index (κ1) is 17.7. The predicted molar refractivity (Wildman–Crippen MR) is 109 cm³/mol. The number of piperazine rings is 1. The normalized spacial score (nSPS) is 14.4. The highest BCUT2D eigenvalue weighted by atomic mass is 32.1. The Hall–Kier alpha value is -2.73. The second kappa shape index (κ2) is 7.48. The topological polar surface area (TPSA) is 49.3 Å². The van der Waals surface area contributed by atoms with Gasteiger partial charge in [0.25, 0.3) is 5.91 Å². The quantitative estimate of drug-likeness (QED) is 0.696. The summed E-state index contributed by atoms with van der Waals surface area (Å²) in [5, 5.41) is 0.872. The zero-order valence-corrected chi connectivity index (χ0v) is 16.4. The number of pyridine rings is 1. The Kier molecular flexibility index (Phi) is 4.90. The number of hydrogen-bond acceptors (Lipinski definition) is 5. The summed E-state index contributed by atoms with van der Waals surface area (Å²) in [5.74, 6) is 0.0919. The largest absolute Gasteiger partial charge is 0.368 e. The molecule has 0 bridgehead atoms. The van der Waals surface area contributed by atoms with E-state index in [2.05, 4.69) is 46.1 Å². The van der Waals surface area contributed by atoms with Crippen molar-refractivity contribution in [3.05, 3.63) is 64.9 Å². The Labute approximate surface area is 163 Å². The average Bonchev–Trinajstić information content (AvgIpc) is 3.10. The molecule has 1 saturated heterocycles. The summed E-state index contributed by atoms with van der Waals surface area (Å²) in [6.45, 7) is 7.19. The van der Waals surface area contributed by atoms with Crippen LogP contribution in [0.4, 0.5) is 5.69 Å². The lowest BCUT2D eigenvalue weighted by molar-refractivity contribution is 0.0750. The van der Waals surface area contributed by atoms with E-state index in [9.17, 15) is 4.79 Å². The third-order valence-electron chi connectivity index (χ3n) is 4.85. The number of benzene rings is 1. The molecule has 0 aliphatic carbocycles. The molecule has 1 aliphatic rings. The Morgan fingerprint density at radius 2 is 1.78 bits per heavy atom. The number of carbonyl (C=O) groups excluding carboxylic acids is 1. The van der Waals surface area contributed by atoms with Crippen molar-refractivity contribution < 1.29 is 4.79 Å². The van der Waals surface area contributed by atoms with Crippen LogP contribution in [0.3, 0.4) is 0 Å². The minimum Gasteiger partial charge on any atom is -0.368 e. The van der Waals surface area contributed by atoms with E-state index < -0.39 is 0 Å². The Bertz CT molecular complexity index is 946. The number of aryl methyl sites for hydroxylation is 2. The van der Waals surface area contributed by atoms with Crippen molar-refractivity contribution in [2.75, 3.05) is 31.1 Å². The first-order valence-corrected chi connectivity index (χ1v) is 9.92. The van der Waals surface area contributed by atoms with Gasteiger partial charge in [-0.25, -0.2) is 4.98 Å². The molecule has 6 heteroatoms. The van der Waals surface area contributed by atoms with Gasteiger partial charge in [0.2, 0.25) is 0 Å². The van der Waals surface area contributed by atoms with E-state index in [1.807, 2.05) is 24.0 Å². The number of thiazole rings is 1. The summed E-state index contributed by atoms with van der Waals surface area (Å²) < 4.78 is 0. The molecular weight excluding hydrogens is 356 g/mol.